The van der Waals surface area contributed by atoms with Crippen molar-refractivity contribution in [3.63, 3.8) is 0 Å². The monoisotopic (exact) mass is 502 g/mol. The summed E-state index contributed by atoms with van der Waals surface area (Å²) in [5.41, 5.74) is 2.54. The van der Waals surface area contributed by atoms with Crippen molar-refractivity contribution < 1.29 is 24.1 Å². The van der Waals surface area contributed by atoms with E-state index < -0.39 is 0 Å². The van der Waals surface area contributed by atoms with Crippen molar-refractivity contribution in [1.29, 1.82) is 0 Å². The van der Waals surface area contributed by atoms with E-state index in [0.717, 1.165) is 42.8 Å². The normalized spacial score (nSPS) is 31.6. The average Bonchev–Trinajstić information content (AvgIpc) is 3.51. The molecule has 0 radical (unpaired) electrons. The molecule has 2 aliphatic rings. The van der Waals surface area contributed by atoms with Crippen LogP contribution in [0.2, 0.25) is 0 Å². The number of methoxy groups -OCH3 is 1. The molecule has 1 aliphatic carbocycles. The first-order chi connectivity index (χ1) is 17.0. The molecule has 3 rings (SSSR count). The van der Waals surface area contributed by atoms with Crippen LogP contribution in [0.4, 0.5) is 5.69 Å². The molecular formula is C29H46N2O5. The Balaban J connectivity index is 1.65. The van der Waals surface area contributed by atoms with Gasteiger partial charge in [-0.2, -0.15) is 0 Å². The number of esters is 1. The van der Waals surface area contributed by atoms with Crippen LogP contribution in [-0.2, 0) is 20.8 Å². The number of carbonyl (C=O) groups is 1. The maximum Gasteiger partial charge on any atom is 0.325 e. The van der Waals surface area contributed by atoms with E-state index in [1.54, 1.807) is 7.11 Å². The van der Waals surface area contributed by atoms with Gasteiger partial charge < -0.3 is 29.5 Å². The van der Waals surface area contributed by atoms with E-state index in [1.165, 1.54) is 5.57 Å². The number of aliphatic hydroxyl groups is 1. The molecule has 0 spiro atoms. The molecule has 202 valence electrons. The number of carbonyl (C=O) groups excluding carboxylic acids is 1. The number of epoxide rings is 1. The van der Waals surface area contributed by atoms with Gasteiger partial charge in [0.05, 0.1) is 18.8 Å². The SMILES string of the molecule is COc1ccc(NCC(=O)O[C@@H]2CCC(CO)[C@@](C)([C@@]3(C)O[C@@H]3CC=C(C)C)[C@@H]2C)cc1CN(C)C. The second-order valence-electron chi connectivity index (χ2n) is 11.4. The number of ether oxygens (including phenoxy) is 3. The molecule has 7 heteroatoms. The summed E-state index contributed by atoms with van der Waals surface area (Å²) in [6.45, 7) is 11.7. The predicted octanol–water partition coefficient (Wildman–Crippen LogP) is 4.64. The van der Waals surface area contributed by atoms with Gasteiger partial charge in [-0.1, -0.05) is 25.5 Å². The minimum Gasteiger partial charge on any atom is -0.496 e. The topological polar surface area (TPSA) is 83.6 Å². The van der Waals surface area contributed by atoms with Crippen LogP contribution in [0.25, 0.3) is 0 Å². The van der Waals surface area contributed by atoms with E-state index in [9.17, 15) is 9.90 Å². The van der Waals surface area contributed by atoms with Crippen LogP contribution in [0.5, 0.6) is 5.75 Å². The molecule has 1 saturated carbocycles. The Labute approximate surface area is 217 Å². The first-order valence-corrected chi connectivity index (χ1v) is 13.1. The maximum atomic E-state index is 12.9. The fourth-order valence-electron chi connectivity index (χ4n) is 6.06. The lowest BCUT2D eigenvalue weighted by Crippen LogP contribution is -2.55. The standard InChI is InChI=1S/C29H46N2O5/c1-19(2)9-14-26-29(5,36-26)28(4)20(3)24(12-10-22(28)18-32)35-27(33)16-30-23-11-13-25(34-8)21(15-23)17-31(6)7/h9,11,13,15,20,22,24,26,30,32H,10,12,14,16-18H2,1-8H3/t20-,22?,24-,26-,28+,29+/m1/s1. The third kappa shape index (κ3) is 5.90. The zero-order valence-electron chi connectivity index (χ0n) is 23.4. The summed E-state index contributed by atoms with van der Waals surface area (Å²) in [6.07, 6.45) is 4.55. The molecule has 1 aromatic carbocycles. The van der Waals surface area contributed by atoms with Crippen molar-refractivity contribution in [2.45, 2.75) is 78.2 Å². The Morgan fingerprint density at radius 3 is 2.61 bits per heavy atom. The molecule has 6 atom stereocenters. The van der Waals surface area contributed by atoms with E-state index in [-0.39, 0.29) is 54.2 Å². The van der Waals surface area contributed by atoms with Gasteiger partial charge in [-0.05, 0) is 78.2 Å². The molecular weight excluding hydrogens is 456 g/mol. The summed E-state index contributed by atoms with van der Waals surface area (Å²) in [7, 11) is 5.68. The minimum atomic E-state index is -0.346. The van der Waals surface area contributed by atoms with Crippen molar-refractivity contribution in [2.24, 2.45) is 17.3 Å². The quantitative estimate of drug-likeness (QED) is 0.259. The molecule has 1 heterocycles. The first kappa shape index (κ1) is 28.5. The highest BCUT2D eigenvalue weighted by Gasteiger charge is 2.68. The van der Waals surface area contributed by atoms with E-state index >= 15 is 0 Å². The van der Waals surface area contributed by atoms with Gasteiger partial charge in [0.15, 0.2) is 0 Å². The molecule has 2 N–H and O–H groups in total. The highest BCUT2D eigenvalue weighted by molar-refractivity contribution is 5.75. The highest BCUT2D eigenvalue weighted by Crippen LogP contribution is 2.62. The molecule has 0 amide bonds. The van der Waals surface area contributed by atoms with Gasteiger partial charge in [0.25, 0.3) is 0 Å². The van der Waals surface area contributed by atoms with E-state index in [0.29, 0.717) is 0 Å². The van der Waals surface area contributed by atoms with Crippen LogP contribution in [0.1, 0.15) is 59.4 Å². The van der Waals surface area contributed by atoms with Gasteiger partial charge in [-0.25, -0.2) is 0 Å². The van der Waals surface area contributed by atoms with Crippen LogP contribution in [0, 0.1) is 17.3 Å². The van der Waals surface area contributed by atoms with Gasteiger partial charge >= 0.3 is 5.97 Å². The van der Waals surface area contributed by atoms with E-state index in [2.05, 4.69) is 50.9 Å². The van der Waals surface area contributed by atoms with Crippen LogP contribution >= 0.6 is 0 Å². The van der Waals surface area contributed by atoms with Gasteiger partial charge in [0, 0.05) is 35.7 Å². The number of nitrogens with zero attached hydrogens (tertiary/aromatic N) is 1. The van der Waals surface area contributed by atoms with Gasteiger partial charge in [-0.15, -0.1) is 0 Å². The molecule has 1 aliphatic heterocycles. The third-order valence-corrected chi connectivity index (χ3v) is 8.61. The van der Waals surface area contributed by atoms with Gasteiger partial charge in [0.2, 0.25) is 0 Å². The first-order valence-electron chi connectivity index (χ1n) is 13.1. The zero-order chi connectivity index (χ0) is 26.7. The summed E-state index contributed by atoms with van der Waals surface area (Å²) in [6, 6.07) is 5.84. The Morgan fingerprint density at radius 1 is 1.28 bits per heavy atom. The summed E-state index contributed by atoms with van der Waals surface area (Å²) in [5, 5.41) is 13.4. The molecule has 1 aromatic rings. The molecule has 1 saturated heterocycles. The van der Waals surface area contributed by atoms with Gasteiger partial charge in [0.1, 0.15) is 18.4 Å². The maximum absolute atomic E-state index is 12.9. The minimum absolute atomic E-state index is 0.0572. The summed E-state index contributed by atoms with van der Waals surface area (Å²) in [5.74, 6) is 0.715. The van der Waals surface area contributed by atoms with Crippen molar-refractivity contribution in [1.82, 2.24) is 4.90 Å². The van der Waals surface area contributed by atoms with Crippen LogP contribution < -0.4 is 10.1 Å². The summed E-state index contributed by atoms with van der Waals surface area (Å²) < 4.78 is 17.8. The van der Waals surface area contributed by atoms with Crippen LogP contribution in [0.15, 0.2) is 29.8 Å². The van der Waals surface area contributed by atoms with Crippen LogP contribution in [0.3, 0.4) is 0 Å². The Hall–Kier alpha value is -2.09. The van der Waals surface area contributed by atoms with Gasteiger partial charge in [-0.3, -0.25) is 4.79 Å². The van der Waals surface area contributed by atoms with Crippen molar-refractivity contribution in [3.8, 4) is 5.75 Å². The predicted molar refractivity (Wildman–Crippen MR) is 143 cm³/mol. The lowest BCUT2D eigenvalue weighted by molar-refractivity contribution is -0.164. The largest absolute Gasteiger partial charge is 0.496 e. The smallest absolute Gasteiger partial charge is 0.325 e. The lowest BCUT2D eigenvalue weighted by Gasteiger charge is -2.51. The third-order valence-electron chi connectivity index (χ3n) is 8.61. The summed E-state index contributed by atoms with van der Waals surface area (Å²) in [4.78, 5) is 15.0. The van der Waals surface area contributed by atoms with Crippen molar-refractivity contribution in [2.75, 3.05) is 39.7 Å². The fraction of sp³-hybridized carbons (Fsp3) is 0.690. The molecule has 7 nitrogen and oxygen atoms in total. The molecule has 1 unspecified atom stereocenters. The Morgan fingerprint density at radius 2 is 2.00 bits per heavy atom. The molecule has 0 aromatic heterocycles. The van der Waals surface area contributed by atoms with Crippen molar-refractivity contribution in [3.05, 3.63) is 35.4 Å². The number of aliphatic hydroxyl groups excluding tert-OH is 1. The number of hydrogen-bond donors (Lipinski definition) is 2. The zero-order valence-corrected chi connectivity index (χ0v) is 23.4. The number of anilines is 1. The molecule has 2 fully saturated rings. The lowest BCUT2D eigenvalue weighted by atomic mass is 9.54. The van der Waals surface area contributed by atoms with E-state index in [4.69, 9.17) is 14.2 Å². The number of benzene rings is 1. The second-order valence-corrected chi connectivity index (χ2v) is 11.4. The van der Waals surface area contributed by atoms with E-state index in [1.807, 2.05) is 32.3 Å². The average molecular weight is 503 g/mol. The van der Waals surface area contributed by atoms with Crippen molar-refractivity contribution >= 4 is 11.7 Å². The second kappa shape index (κ2) is 11.5. The number of rotatable bonds is 11. The molecule has 0 bridgehead atoms. The highest BCUT2D eigenvalue weighted by atomic mass is 16.6. The Kier molecular flexibility index (Phi) is 9.12. The number of allylic oxidation sites excluding steroid dienone is 1. The number of nitrogens with one attached hydrogen (secondary N) is 1. The fourth-order valence-corrected chi connectivity index (χ4v) is 6.06. The summed E-state index contributed by atoms with van der Waals surface area (Å²) >= 11 is 0. The van der Waals surface area contributed by atoms with Crippen LogP contribution in [-0.4, -0.2) is 68.1 Å². The Bertz CT molecular complexity index is 944. The molecule has 36 heavy (non-hydrogen) atoms. The number of hydrogen-bond acceptors (Lipinski definition) is 7.